The molecule has 1 saturated carbocycles. The number of hydrogen-bond donors (Lipinski definition) is 0. The molecule has 0 N–H and O–H groups in total. The van der Waals surface area contributed by atoms with Crippen LogP contribution in [0.4, 0.5) is 0 Å². The topological polar surface area (TPSA) is 34.1 Å². The van der Waals surface area contributed by atoms with Gasteiger partial charge in [-0.15, -0.1) is 0 Å². The molecule has 0 aromatic heterocycles. The van der Waals surface area contributed by atoms with Gasteiger partial charge in [0.25, 0.3) is 0 Å². The van der Waals surface area contributed by atoms with Crippen molar-refractivity contribution >= 4 is 9.84 Å². The van der Waals surface area contributed by atoms with Crippen LogP contribution in [0, 0.1) is 5.41 Å². The summed E-state index contributed by atoms with van der Waals surface area (Å²) < 4.78 is 25.3. The second-order valence-corrected chi connectivity index (χ2v) is 7.48. The Balaban J connectivity index is 2.32. The first-order valence-electron chi connectivity index (χ1n) is 6.86. The molecular formula is C15H22O2S. The van der Waals surface area contributed by atoms with Gasteiger partial charge in [-0.3, -0.25) is 0 Å². The minimum atomic E-state index is -3.14. The summed E-state index contributed by atoms with van der Waals surface area (Å²) in [6.45, 7) is 4.27. The Kier molecular flexibility index (Phi) is 3.81. The molecular weight excluding hydrogens is 244 g/mol. The van der Waals surface area contributed by atoms with Gasteiger partial charge in [0.2, 0.25) is 0 Å². The normalized spacial score (nSPS) is 27.8. The minimum absolute atomic E-state index is 0.0312. The first-order chi connectivity index (χ1) is 8.57. The van der Waals surface area contributed by atoms with Crippen molar-refractivity contribution in [2.45, 2.75) is 56.1 Å². The average molecular weight is 266 g/mol. The van der Waals surface area contributed by atoms with E-state index in [4.69, 9.17) is 0 Å². The predicted molar refractivity (Wildman–Crippen MR) is 74.3 cm³/mol. The smallest absolute Gasteiger partial charge is 0.181 e. The lowest BCUT2D eigenvalue weighted by molar-refractivity contribution is 0.118. The Bertz CT molecular complexity index is 488. The highest BCUT2D eigenvalue weighted by Gasteiger charge is 2.51. The van der Waals surface area contributed by atoms with Gasteiger partial charge >= 0.3 is 0 Å². The number of sulfone groups is 1. The molecule has 0 aliphatic heterocycles. The molecule has 2 unspecified atom stereocenters. The molecule has 18 heavy (non-hydrogen) atoms. The molecule has 3 heteroatoms. The average Bonchev–Trinajstić information content (AvgIpc) is 2.35. The van der Waals surface area contributed by atoms with Crippen LogP contribution in [0.2, 0.25) is 0 Å². The monoisotopic (exact) mass is 266 g/mol. The van der Waals surface area contributed by atoms with Crippen molar-refractivity contribution in [3.05, 3.63) is 30.3 Å². The molecule has 0 heterocycles. The van der Waals surface area contributed by atoms with Gasteiger partial charge < -0.3 is 0 Å². The van der Waals surface area contributed by atoms with Gasteiger partial charge in [-0.2, -0.15) is 0 Å². The van der Waals surface area contributed by atoms with E-state index in [-0.39, 0.29) is 10.7 Å². The largest absolute Gasteiger partial charge is 0.223 e. The van der Waals surface area contributed by atoms with E-state index in [1.54, 1.807) is 24.3 Å². The summed E-state index contributed by atoms with van der Waals surface area (Å²) in [6.07, 6.45) is 4.95. The van der Waals surface area contributed by atoms with Crippen molar-refractivity contribution in [2.24, 2.45) is 5.41 Å². The van der Waals surface area contributed by atoms with E-state index < -0.39 is 9.84 Å². The molecule has 1 aromatic carbocycles. The molecule has 0 spiro atoms. The fourth-order valence-electron chi connectivity index (χ4n) is 3.29. The highest BCUT2D eigenvalue weighted by molar-refractivity contribution is 7.92. The summed E-state index contributed by atoms with van der Waals surface area (Å²) in [7, 11) is -3.14. The van der Waals surface area contributed by atoms with Crippen LogP contribution in [-0.2, 0) is 9.84 Å². The van der Waals surface area contributed by atoms with Crippen LogP contribution < -0.4 is 0 Å². The van der Waals surface area contributed by atoms with E-state index in [1.165, 1.54) is 0 Å². The molecule has 100 valence electrons. The van der Waals surface area contributed by atoms with Crippen molar-refractivity contribution in [1.29, 1.82) is 0 Å². The Labute approximate surface area is 110 Å². The molecule has 1 aliphatic rings. The van der Waals surface area contributed by atoms with Gasteiger partial charge in [-0.25, -0.2) is 8.42 Å². The lowest BCUT2D eigenvalue weighted by Crippen LogP contribution is -2.49. The third-order valence-corrected chi connectivity index (χ3v) is 6.90. The van der Waals surface area contributed by atoms with Crippen LogP contribution >= 0.6 is 0 Å². The van der Waals surface area contributed by atoms with Crippen LogP contribution in [-0.4, -0.2) is 13.7 Å². The summed E-state index contributed by atoms with van der Waals surface area (Å²) in [5.41, 5.74) is 0.0312. The summed E-state index contributed by atoms with van der Waals surface area (Å²) in [6, 6.07) is 8.91. The number of benzene rings is 1. The lowest BCUT2D eigenvalue weighted by Gasteiger charge is -2.48. The van der Waals surface area contributed by atoms with Crippen LogP contribution in [0.25, 0.3) is 0 Å². The Morgan fingerprint density at radius 1 is 1.22 bits per heavy atom. The minimum Gasteiger partial charge on any atom is -0.223 e. The molecule has 1 aromatic rings. The molecule has 0 radical (unpaired) electrons. The van der Waals surface area contributed by atoms with E-state index >= 15 is 0 Å². The van der Waals surface area contributed by atoms with E-state index in [1.807, 2.05) is 6.07 Å². The zero-order valence-corrected chi connectivity index (χ0v) is 12.0. The van der Waals surface area contributed by atoms with Crippen molar-refractivity contribution < 1.29 is 8.42 Å². The molecule has 0 bridgehead atoms. The third-order valence-electron chi connectivity index (χ3n) is 4.49. The maximum Gasteiger partial charge on any atom is 0.181 e. The Morgan fingerprint density at radius 2 is 1.89 bits per heavy atom. The van der Waals surface area contributed by atoms with Crippen molar-refractivity contribution in [2.75, 3.05) is 0 Å². The maximum atomic E-state index is 12.7. The molecule has 0 amide bonds. The van der Waals surface area contributed by atoms with E-state index in [0.717, 1.165) is 32.1 Å². The number of rotatable bonds is 5. The van der Waals surface area contributed by atoms with Crippen LogP contribution in [0.15, 0.2) is 35.2 Å². The van der Waals surface area contributed by atoms with E-state index in [9.17, 15) is 8.42 Å². The SMILES string of the molecule is CCCC1(CC)CCC1S(=O)(=O)c1ccccc1. The van der Waals surface area contributed by atoms with Gasteiger partial charge in [0, 0.05) is 0 Å². The quantitative estimate of drug-likeness (QED) is 0.812. The van der Waals surface area contributed by atoms with Gasteiger partial charge in [-0.1, -0.05) is 38.5 Å². The molecule has 1 aliphatic carbocycles. The summed E-state index contributed by atoms with van der Waals surface area (Å²) in [4.78, 5) is 0.489. The third kappa shape index (κ3) is 2.09. The zero-order valence-electron chi connectivity index (χ0n) is 11.2. The summed E-state index contributed by atoms with van der Waals surface area (Å²) in [5.74, 6) is 0. The highest BCUT2D eigenvalue weighted by Crippen LogP contribution is 2.52. The molecule has 1 fully saturated rings. The first-order valence-corrected chi connectivity index (χ1v) is 8.40. The highest BCUT2D eigenvalue weighted by atomic mass is 32.2. The van der Waals surface area contributed by atoms with Gasteiger partial charge in [0.1, 0.15) is 0 Å². The molecule has 0 saturated heterocycles. The second kappa shape index (κ2) is 5.04. The van der Waals surface area contributed by atoms with E-state index in [0.29, 0.717) is 4.90 Å². The first kappa shape index (κ1) is 13.6. The van der Waals surface area contributed by atoms with Gasteiger partial charge in [0.15, 0.2) is 9.84 Å². The van der Waals surface area contributed by atoms with Crippen LogP contribution in [0.3, 0.4) is 0 Å². The second-order valence-electron chi connectivity index (χ2n) is 5.35. The van der Waals surface area contributed by atoms with Crippen molar-refractivity contribution in [1.82, 2.24) is 0 Å². The van der Waals surface area contributed by atoms with Gasteiger partial charge in [0.05, 0.1) is 10.1 Å². The number of hydrogen-bond acceptors (Lipinski definition) is 2. The lowest BCUT2D eigenvalue weighted by atomic mass is 9.64. The zero-order chi connectivity index (χ0) is 13.2. The van der Waals surface area contributed by atoms with Crippen LogP contribution in [0.5, 0.6) is 0 Å². The summed E-state index contributed by atoms with van der Waals surface area (Å²) in [5, 5.41) is -0.169. The van der Waals surface area contributed by atoms with Crippen molar-refractivity contribution in [3.8, 4) is 0 Å². The Hall–Kier alpha value is -0.830. The fourth-order valence-corrected chi connectivity index (χ4v) is 5.65. The van der Waals surface area contributed by atoms with Gasteiger partial charge in [-0.05, 0) is 43.2 Å². The molecule has 2 nitrogen and oxygen atoms in total. The van der Waals surface area contributed by atoms with Crippen molar-refractivity contribution in [3.63, 3.8) is 0 Å². The predicted octanol–water partition coefficient (Wildman–Crippen LogP) is 3.82. The van der Waals surface area contributed by atoms with Crippen LogP contribution in [0.1, 0.15) is 46.0 Å². The standard InChI is InChI=1S/C15H22O2S/c1-3-11-15(4-2)12-10-14(15)18(16,17)13-8-6-5-7-9-13/h5-9,14H,3-4,10-12H2,1-2H3. The molecule has 2 rings (SSSR count). The summed E-state index contributed by atoms with van der Waals surface area (Å²) >= 11 is 0. The molecule has 2 atom stereocenters. The Morgan fingerprint density at radius 3 is 2.33 bits per heavy atom. The maximum absolute atomic E-state index is 12.7. The van der Waals surface area contributed by atoms with E-state index in [2.05, 4.69) is 13.8 Å². The fraction of sp³-hybridized carbons (Fsp3) is 0.600.